The van der Waals surface area contributed by atoms with Gasteiger partial charge in [0.25, 0.3) is 5.91 Å². The number of anilines is 1. The molecule has 154 valence electrons. The van der Waals surface area contributed by atoms with Crippen molar-refractivity contribution in [2.24, 2.45) is 5.73 Å². The Balaban J connectivity index is 1.73. The Morgan fingerprint density at radius 2 is 1.83 bits per heavy atom. The van der Waals surface area contributed by atoms with Crippen LogP contribution in [0.5, 0.6) is 0 Å². The molecule has 30 heavy (non-hydrogen) atoms. The van der Waals surface area contributed by atoms with Crippen molar-refractivity contribution in [3.63, 3.8) is 0 Å². The Morgan fingerprint density at radius 3 is 2.53 bits per heavy atom. The van der Waals surface area contributed by atoms with Crippen LogP contribution in [0.15, 0.2) is 30.3 Å². The smallest absolute Gasteiger partial charge is 0.276 e. The predicted octanol–water partition coefficient (Wildman–Crippen LogP) is 3.44. The van der Waals surface area contributed by atoms with Crippen LogP contribution in [0.4, 0.5) is 18.9 Å². The van der Waals surface area contributed by atoms with Crippen LogP contribution < -0.4 is 11.1 Å². The maximum atomic E-state index is 14.1. The zero-order valence-electron chi connectivity index (χ0n) is 15.9. The van der Waals surface area contributed by atoms with Crippen LogP contribution in [0.1, 0.15) is 44.1 Å². The predicted molar refractivity (Wildman–Crippen MR) is 103 cm³/mol. The van der Waals surface area contributed by atoms with Crippen molar-refractivity contribution >= 4 is 17.5 Å². The first-order chi connectivity index (χ1) is 14.3. The Bertz CT molecular complexity index is 1200. The monoisotopic (exact) mass is 414 g/mol. The number of carbonyl (C=O) groups is 2. The Kier molecular flexibility index (Phi) is 4.81. The first-order valence-corrected chi connectivity index (χ1v) is 9.23. The molecule has 0 radical (unpaired) electrons. The van der Waals surface area contributed by atoms with Crippen LogP contribution in [-0.4, -0.2) is 21.6 Å². The third kappa shape index (κ3) is 3.32. The maximum absolute atomic E-state index is 14.1. The number of rotatable bonds is 4. The largest absolute Gasteiger partial charge is 0.366 e. The lowest BCUT2D eigenvalue weighted by Gasteiger charge is -2.10. The van der Waals surface area contributed by atoms with E-state index >= 15 is 0 Å². The number of benzene rings is 2. The molecule has 3 aromatic rings. The van der Waals surface area contributed by atoms with Gasteiger partial charge in [-0.3, -0.25) is 9.59 Å². The minimum Gasteiger partial charge on any atom is -0.366 e. The molecule has 2 amide bonds. The summed E-state index contributed by atoms with van der Waals surface area (Å²) in [5, 5.41) is 6.89. The minimum absolute atomic E-state index is 0.0778. The molecule has 4 rings (SSSR count). The van der Waals surface area contributed by atoms with Gasteiger partial charge in [0.2, 0.25) is 5.91 Å². The van der Waals surface area contributed by atoms with Gasteiger partial charge in [0.15, 0.2) is 17.3 Å². The van der Waals surface area contributed by atoms with E-state index in [1.165, 1.54) is 23.7 Å². The molecule has 0 saturated heterocycles. The summed E-state index contributed by atoms with van der Waals surface area (Å²) in [4.78, 5) is 24.3. The lowest BCUT2D eigenvalue weighted by Crippen LogP contribution is -2.18. The molecule has 1 aromatic heterocycles. The summed E-state index contributed by atoms with van der Waals surface area (Å²) in [5.74, 6) is -4.10. The van der Waals surface area contributed by atoms with Crippen molar-refractivity contribution in [1.82, 2.24) is 9.78 Å². The van der Waals surface area contributed by atoms with E-state index in [4.69, 9.17) is 5.73 Å². The Hall–Kier alpha value is -3.62. The third-order valence-electron chi connectivity index (χ3n) is 5.17. The summed E-state index contributed by atoms with van der Waals surface area (Å²) in [7, 11) is 0. The van der Waals surface area contributed by atoms with Gasteiger partial charge in [0.05, 0.1) is 5.69 Å². The second kappa shape index (κ2) is 7.33. The first-order valence-electron chi connectivity index (χ1n) is 9.23. The van der Waals surface area contributed by atoms with Crippen LogP contribution in [0, 0.1) is 24.4 Å². The second-order valence-corrected chi connectivity index (χ2v) is 7.09. The second-order valence-electron chi connectivity index (χ2n) is 7.09. The fourth-order valence-electron chi connectivity index (χ4n) is 3.58. The molecule has 2 aromatic carbocycles. The van der Waals surface area contributed by atoms with E-state index in [2.05, 4.69) is 10.4 Å². The zero-order chi connectivity index (χ0) is 21.6. The van der Waals surface area contributed by atoms with Crippen LogP contribution in [0.25, 0.3) is 5.69 Å². The van der Waals surface area contributed by atoms with E-state index in [1.807, 2.05) is 0 Å². The molecule has 0 saturated carbocycles. The van der Waals surface area contributed by atoms with Crippen molar-refractivity contribution < 1.29 is 22.8 Å². The van der Waals surface area contributed by atoms with Gasteiger partial charge in [-0.15, -0.1) is 0 Å². The molecule has 1 aliphatic rings. The highest BCUT2D eigenvalue weighted by molar-refractivity contribution is 6.05. The van der Waals surface area contributed by atoms with Crippen LogP contribution in [-0.2, 0) is 12.8 Å². The Labute approximate surface area is 169 Å². The molecular formula is C21H17F3N4O2. The highest BCUT2D eigenvalue weighted by Gasteiger charge is 2.28. The standard InChI is InChI=1S/C21H17F3N4O2/c1-10-15(23)7-11(20(25)29)8-17(10)26-21(30)19-13-3-2-4-18(13)28(27-19)12-5-6-14(22)16(24)9-12/h5-9H,2-4H2,1H3,(H2,25,29)(H,26,30). The summed E-state index contributed by atoms with van der Waals surface area (Å²) in [6.07, 6.45) is 2.00. The summed E-state index contributed by atoms with van der Waals surface area (Å²) in [6.45, 7) is 1.46. The quantitative estimate of drug-likeness (QED) is 0.685. The molecule has 1 heterocycles. The van der Waals surface area contributed by atoms with Crippen LogP contribution in [0.3, 0.4) is 0 Å². The van der Waals surface area contributed by atoms with Gasteiger partial charge >= 0.3 is 0 Å². The molecule has 0 unspecified atom stereocenters. The number of nitrogens with one attached hydrogen (secondary N) is 1. The van der Waals surface area contributed by atoms with Crippen molar-refractivity contribution in [2.75, 3.05) is 5.32 Å². The number of aromatic nitrogens is 2. The number of amides is 2. The number of nitrogens with two attached hydrogens (primary N) is 1. The first kappa shape index (κ1) is 19.7. The van der Waals surface area contributed by atoms with Crippen molar-refractivity contribution in [1.29, 1.82) is 0 Å². The molecule has 1 aliphatic carbocycles. The summed E-state index contributed by atoms with van der Waals surface area (Å²) < 4.78 is 42.5. The van der Waals surface area contributed by atoms with Gasteiger partial charge in [-0.1, -0.05) is 0 Å². The molecule has 0 bridgehead atoms. The zero-order valence-corrected chi connectivity index (χ0v) is 15.9. The number of hydrogen-bond acceptors (Lipinski definition) is 3. The summed E-state index contributed by atoms with van der Waals surface area (Å²) in [5.41, 5.74) is 7.22. The van der Waals surface area contributed by atoms with E-state index in [-0.39, 0.29) is 22.5 Å². The van der Waals surface area contributed by atoms with Gasteiger partial charge in [-0.05, 0) is 50.5 Å². The van der Waals surface area contributed by atoms with E-state index in [0.717, 1.165) is 30.3 Å². The van der Waals surface area contributed by atoms with Crippen molar-refractivity contribution in [3.05, 3.63) is 75.9 Å². The normalized spacial score (nSPS) is 12.7. The number of nitrogens with zero attached hydrogens (tertiary/aromatic N) is 2. The topological polar surface area (TPSA) is 90.0 Å². The Morgan fingerprint density at radius 1 is 1.07 bits per heavy atom. The number of hydrogen-bond donors (Lipinski definition) is 2. The van der Waals surface area contributed by atoms with Gasteiger partial charge in [-0.25, -0.2) is 17.9 Å². The van der Waals surface area contributed by atoms with Gasteiger partial charge < -0.3 is 11.1 Å². The number of primary amides is 1. The molecule has 0 spiro atoms. The lowest BCUT2D eigenvalue weighted by atomic mass is 10.1. The highest BCUT2D eigenvalue weighted by atomic mass is 19.2. The molecule has 9 heteroatoms. The number of halogens is 3. The fourth-order valence-corrected chi connectivity index (χ4v) is 3.58. The van der Waals surface area contributed by atoms with Crippen molar-refractivity contribution in [2.45, 2.75) is 26.2 Å². The molecule has 0 fully saturated rings. The van der Waals surface area contributed by atoms with E-state index < -0.39 is 29.3 Å². The summed E-state index contributed by atoms with van der Waals surface area (Å²) in [6, 6.07) is 5.68. The maximum Gasteiger partial charge on any atom is 0.276 e. The van der Waals surface area contributed by atoms with Crippen molar-refractivity contribution in [3.8, 4) is 5.69 Å². The lowest BCUT2D eigenvalue weighted by molar-refractivity contribution is 0.0994. The van der Waals surface area contributed by atoms with E-state index in [1.54, 1.807) is 0 Å². The molecule has 6 nitrogen and oxygen atoms in total. The molecule has 3 N–H and O–H groups in total. The van der Waals surface area contributed by atoms with Crippen LogP contribution >= 0.6 is 0 Å². The van der Waals surface area contributed by atoms with Gasteiger partial charge in [-0.2, -0.15) is 5.10 Å². The third-order valence-corrected chi connectivity index (χ3v) is 5.17. The highest BCUT2D eigenvalue weighted by Crippen LogP contribution is 2.29. The van der Waals surface area contributed by atoms with Crippen LogP contribution in [0.2, 0.25) is 0 Å². The SMILES string of the molecule is Cc1c(F)cc(C(N)=O)cc1NC(=O)c1nn(-c2ccc(F)c(F)c2)c2c1CCC2. The number of fused-ring (bicyclic) bond motifs is 1. The van der Waals surface area contributed by atoms with Gasteiger partial charge in [0, 0.05) is 34.1 Å². The van der Waals surface area contributed by atoms with E-state index in [0.29, 0.717) is 24.1 Å². The molecular weight excluding hydrogens is 397 g/mol. The fraction of sp³-hybridized carbons (Fsp3) is 0.190. The minimum atomic E-state index is -1.02. The molecule has 0 atom stereocenters. The summed E-state index contributed by atoms with van der Waals surface area (Å²) >= 11 is 0. The van der Waals surface area contributed by atoms with E-state index in [9.17, 15) is 22.8 Å². The van der Waals surface area contributed by atoms with Gasteiger partial charge in [0.1, 0.15) is 5.82 Å². The average Bonchev–Trinajstić information content (AvgIpc) is 3.30. The average molecular weight is 414 g/mol. The number of carbonyl (C=O) groups excluding carboxylic acids is 2. The molecule has 0 aliphatic heterocycles.